The third-order valence-electron chi connectivity index (χ3n) is 4.82. The molecule has 2 aromatic heterocycles. The Labute approximate surface area is 185 Å². The molecular weight excluding hydrogens is 456 g/mol. The summed E-state index contributed by atoms with van der Waals surface area (Å²) in [6.07, 6.45) is -1.51. The minimum Gasteiger partial charge on any atom is -0.293 e. The first-order valence-electron chi connectivity index (χ1n) is 9.48. The van der Waals surface area contributed by atoms with Gasteiger partial charge in [-0.25, -0.2) is 9.67 Å². The number of nitrogens with zero attached hydrogens (tertiary/aromatic N) is 5. The number of benzene rings is 1. The van der Waals surface area contributed by atoms with E-state index in [9.17, 15) is 18.0 Å². The van der Waals surface area contributed by atoms with Gasteiger partial charge in [0.2, 0.25) is 11.9 Å². The predicted molar refractivity (Wildman–Crippen MR) is 108 cm³/mol. The Hall–Kier alpha value is -2.59. The topological polar surface area (TPSA) is 77.6 Å². The van der Waals surface area contributed by atoms with E-state index in [2.05, 4.69) is 20.5 Å². The second-order valence-corrected chi connectivity index (χ2v) is 8.03. The third-order valence-corrected chi connectivity index (χ3v) is 5.53. The minimum atomic E-state index is -4.52. The number of rotatable bonds is 7. The summed E-state index contributed by atoms with van der Waals surface area (Å²) in [5.41, 5.74) is 0.243. The van der Waals surface area contributed by atoms with E-state index in [0.717, 1.165) is 18.9 Å². The van der Waals surface area contributed by atoms with Gasteiger partial charge in [0.05, 0.1) is 13.1 Å². The number of carbonyl (C=O) groups is 1. The van der Waals surface area contributed by atoms with Crippen molar-refractivity contribution in [2.75, 3.05) is 5.32 Å². The minimum absolute atomic E-state index is 0.0314. The molecule has 1 N–H and O–H groups in total. The highest BCUT2D eigenvalue weighted by Gasteiger charge is 2.37. The summed E-state index contributed by atoms with van der Waals surface area (Å²) >= 11 is 12.3. The fraction of sp³-hybridized carbons (Fsp3) is 0.368. The number of amides is 1. The molecule has 164 valence electrons. The molecule has 1 aliphatic carbocycles. The van der Waals surface area contributed by atoms with Crippen molar-refractivity contribution in [3.8, 4) is 0 Å². The lowest BCUT2D eigenvalue weighted by atomic mass is 10.2. The first kappa shape index (κ1) is 21.6. The van der Waals surface area contributed by atoms with Gasteiger partial charge < -0.3 is 0 Å². The molecule has 4 rings (SSSR count). The third kappa shape index (κ3) is 5.19. The second-order valence-electron chi connectivity index (χ2n) is 7.21. The fourth-order valence-corrected chi connectivity index (χ4v) is 3.64. The fourth-order valence-electron chi connectivity index (χ4n) is 3.12. The Morgan fingerprint density at radius 2 is 1.90 bits per heavy atom. The summed E-state index contributed by atoms with van der Waals surface area (Å²) < 4.78 is 41.6. The highest BCUT2D eigenvalue weighted by molar-refractivity contribution is 6.35. The molecule has 0 spiro atoms. The molecule has 0 radical (unpaired) electrons. The average Bonchev–Trinajstić information content (AvgIpc) is 3.28. The molecule has 1 fully saturated rings. The van der Waals surface area contributed by atoms with Crippen LogP contribution in [0.3, 0.4) is 0 Å². The van der Waals surface area contributed by atoms with E-state index in [4.69, 9.17) is 23.2 Å². The van der Waals surface area contributed by atoms with Crippen molar-refractivity contribution in [1.82, 2.24) is 24.5 Å². The number of nitrogens with one attached hydrogen (secondary N) is 1. The van der Waals surface area contributed by atoms with Crippen molar-refractivity contribution in [2.45, 2.75) is 44.4 Å². The SMILES string of the molecule is O=C(CCn1nc(C(F)(F)F)cc1C1CC1)Nc1ncn(Cc2c(Cl)cccc2Cl)n1. The largest absolute Gasteiger partial charge is 0.435 e. The molecule has 0 unspecified atom stereocenters. The molecule has 1 saturated carbocycles. The van der Waals surface area contributed by atoms with E-state index in [1.54, 1.807) is 18.2 Å². The molecular formula is C19H17Cl2F3N6O. The van der Waals surface area contributed by atoms with Crippen LogP contribution in [0.5, 0.6) is 0 Å². The molecule has 0 bridgehead atoms. The zero-order chi connectivity index (χ0) is 22.2. The number of aryl methyl sites for hydroxylation is 1. The zero-order valence-electron chi connectivity index (χ0n) is 16.0. The lowest BCUT2D eigenvalue weighted by Gasteiger charge is -2.07. The quantitative estimate of drug-likeness (QED) is 0.537. The van der Waals surface area contributed by atoms with Crippen LogP contribution in [0.2, 0.25) is 10.0 Å². The van der Waals surface area contributed by atoms with E-state index in [-0.39, 0.29) is 31.4 Å². The van der Waals surface area contributed by atoms with Gasteiger partial charge in [-0.2, -0.15) is 18.3 Å². The highest BCUT2D eigenvalue weighted by atomic mass is 35.5. The Morgan fingerprint density at radius 3 is 2.55 bits per heavy atom. The molecule has 3 aromatic rings. The van der Waals surface area contributed by atoms with Gasteiger partial charge in [-0.1, -0.05) is 29.3 Å². The van der Waals surface area contributed by atoms with Crippen molar-refractivity contribution in [1.29, 1.82) is 0 Å². The van der Waals surface area contributed by atoms with E-state index in [0.29, 0.717) is 21.3 Å². The molecule has 12 heteroatoms. The number of hydrogen-bond acceptors (Lipinski definition) is 4. The Balaban J connectivity index is 1.36. The molecule has 0 aliphatic heterocycles. The lowest BCUT2D eigenvalue weighted by molar-refractivity contribution is -0.141. The normalized spacial score (nSPS) is 14.1. The summed E-state index contributed by atoms with van der Waals surface area (Å²) in [6, 6.07) is 6.21. The number of halogens is 5. The maximum atomic E-state index is 13.0. The van der Waals surface area contributed by atoms with Gasteiger partial charge in [0.1, 0.15) is 6.33 Å². The number of anilines is 1. The van der Waals surface area contributed by atoms with Crippen LogP contribution in [-0.2, 0) is 24.1 Å². The van der Waals surface area contributed by atoms with E-state index in [1.807, 2.05) is 0 Å². The van der Waals surface area contributed by atoms with Crippen LogP contribution in [0, 0.1) is 0 Å². The zero-order valence-corrected chi connectivity index (χ0v) is 17.5. The van der Waals surface area contributed by atoms with Gasteiger partial charge in [-0.05, 0) is 31.0 Å². The first-order chi connectivity index (χ1) is 14.7. The van der Waals surface area contributed by atoms with Crippen LogP contribution < -0.4 is 5.32 Å². The van der Waals surface area contributed by atoms with Crippen LogP contribution in [-0.4, -0.2) is 30.5 Å². The smallest absolute Gasteiger partial charge is 0.293 e. The van der Waals surface area contributed by atoms with Gasteiger partial charge in [-0.15, -0.1) is 5.10 Å². The second kappa shape index (κ2) is 8.51. The Kier molecular flexibility index (Phi) is 5.94. The molecule has 1 aromatic carbocycles. The number of hydrogen-bond donors (Lipinski definition) is 1. The van der Waals surface area contributed by atoms with Crippen LogP contribution in [0.1, 0.15) is 42.1 Å². The maximum absolute atomic E-state index is 13.0. The van der Waals surface area contributed by atoms with Gasteiger partial charge in [-0.3, -0.25) is 14.8 Å². The summed E-state index contributed by atoms with van der Waals surface area (Å²) in [6.45, 7) is 0.295. The summed E-state index contributed by atoms with van der Waals surface area (Å²) in [4.78, 5) is 16.3. The molecule has 0 atom stereocenters. The van der Waals surface area contributed by atoms with E-state index >= 15 is 0 Å². The maximum Gasteiger partial charge on any atom is 0.435 e. The molecule has 31 heavy (non-hydrogen) atoms. The number of alkyl halides is 3. The Morgan fingerprint density at radius 1 is 1.19 bits per heavy atom. The van der Waals surface area contributed by atoms with Gasteiger partial charge in [0, 0.05) is 33.6 Å². The van der Waals surface area contributed by atoms with Crippen LogP contribution in [0.4, 0.5) is 19.1 Å². The van der Waals surface area contributed by atoms with Crippen LogP contribution >= 0.6 is 23.2 Å². The van der Waals surface area contributed by atoms with Crippen molar-refractivity contribution >= 4 is 35.1 Å². The molecule has 1 aliphatic rings. The molecule has 7 nitrogen and oxygen atoms in total. The standard InChI is InChI=1S/C19H17Cl2F3N6O/c20-13-2-1-3-14(21)12(13)9-29-10-25-18(28-29)26-17(31)6-7-30-15(11-4-5-11)8-16(27-30)19(22,23)24/h1-3,8,10-11H,4-7,9H2,(H,26,28,31). The van der Waals surface area contributed by atoms with Crippen molar-refractivity contribution in [2.24, 2.45) is 0 Å². The first-order valence-corrected chi connectivity index (χ1v) is 10.2. The summed E-state index contributed by atoms with van der Waals surface area (Å²) in [5.74, 6) is -0.285. The van der Waals surface area contributed by atoms with E-state index in [1.165, 1.54) is 15.7 Å². The van der Waals surface area contributed by atoms with Crippen molar-refractivity contribution in [3.05, 3.63) is 57.6 Å². The molecule has 1 amide bonds. The van der Waals surface area contributed by atoms with Crippen LogP contribution in [0.25, 0.3) is 0 Å². The Bertz CT molecular complexity index is 1090. The van der Waals surface area contributed by atoms with Gasteiger partial charge in [0.25, 0.3) is 0 Å². The van der Waals surface area contributed by atoms with E-state index < -0.39 is 17.8 Å². The summed E-state index contributed by atoms with van der Waals surface area (Å²) in [7, 11) is 0. The predicted octanol–water partition coefficient (Wildman–Crippen LogP) is 4.75. The molecule has 0 saturated heterocycles. The van der Waals surface area contributed by atoms with Gasteiger partial charge >= 0.3 is 6.18 Å². The average molecular weight is 473 g/mol. The lowest BCUT2D eigenvalue weighted by Crippen LogP contribution is -2.17. The number of carbonyl (C=O) groups excluding carboxylic acids is 1. The summed E-state index contributed by atoms with van der Waals surface area (Å²) in [5, 5.41) is 11.3. The van der Waals surface area contributed by atoms with Crippen molar-refractivity contribution in [3.63, 3.8) is 0 Å². The van der Waals surface area contributed by atoms with Crippen molar-refractivity contribution < 1.29 is 18.0 Å². The highest BCUT2D eigenvalue weighted by Crippen LogP contribution is 2.42. The number of aromatic nitrogens is 5. The van der Waals surface area contributed by atoms with Gasteiger partial charge in [0.15, 0.2) is 5.69 Å². The molecule has 2 heterocycles. The van der Waals surface area contributed by atoms with Crippen LogP contribution in [0.15, 0.2) is 30.6 Å². The monoisotopic (exact) mass is 472 g/mol.